The first kappa shape index (κ1) is 20.7. The van der Waals surface area contributed by atoms with Crippen LogP contribution in [-0.2, 0) is 11.3 Å². The molecule has 10 heteroatoms. The lowest BCUT2D eigenvalue weighted by Crippen LogP contribution is -2.28. The average molecular weight is 461 g/mol. The highest BCUT2D eigenvalue weighted by Crippen LogP contribution is 2.23. The van der Waals surface area contributed by atoms with Crippen LogP contribution in [-0.4, -0.2) is 35.5 Å². The van der Waals surface area contributed by atoms with Crippen molar-refractivity contribution in [2.75, 3.05) is 5.32 Å². The zero-order valence-corrected chi connectivity index (χ0v) is 18.2. The number of anilines is 1. The van der Waals surface area contributed by atoms with Gasteiger partial charge in [0.25, 0.3) is 0 Å². The minimum atomic E-state index is -0.450. The van der Waals surface area contributed by atoms with Gasteiger partial charge in [-0.25, -0.2) is 18.4 Å². The fourth-order valence-electron chi connectivity index (χ4n) is 3.55. The van der Waals surface area contributed by atoms with E-state index in [4.69, 9.17) is 11.6 Å². The van der Waals surface area contributed by atoms with Gasteiger partial charge in [0.05, 0.1) is 5.69 Å². The number of rotatable bonds is 5. The van der Waals surface area contributed by atoms with Crippen molar-refractivity contribution in [1.82, 2.24) is 23.8 Å². The lowest BCUT2D eigenvalue weighted by Gasteiger charge is -2.05. The van der Waals surface area contributed by atoms with Gasteiger partial charge >= 0.3 is 5.69 Å². The molecule has 0 unspecified atom stereocenters. The van der Waals surface area contributed by atoms with E-state index in [-0.39, 0.29) is 12.3 Å². The van der Waals surface area contributed by atoms with Gasteiger partial charge in [0, 0.05) is 34.2 Å². The number of carbonyl (C=O) groups is 2. The smallest absolute Gasteiger partial charge is 0.324 e. The molecule has 5 rings (SSSR count). The zero-order valence-electron chi connectivity index (χ0n) is 17.4. The molecule has 0 radical (unpaired) electrons. The second-order valence-electron chi connectivity index (χ2n) is 7.48. The maximum absolute atomic E-state index is 12.8. The average Bonchev–Trinajstić information content (AvgIpc) is 3.36. The summed E-state index contributed by atoms with van der Waals surface area (Å²) >= 11 is 5.97. The van der Waals surface area contributed by atoms with E-state index in [1.165, 1.54) is 11.3 Å². The highest BCUT2D eigenvalue weighted by molar-refractivity contribution is 6.30. The second kappa shape index (κ2) is 8.03. The third kappa shape index (κ3) is 3.90. The minimum absolute atomic E-state index is 0.106. The Morgan fingerprint density at radius 2 is 1.82 bits per heavy atom. The summed E-state index contributed by atoms with van der Waals surface area (Å²) in [6, 6.07) is 15.7. The number of Topliss-reactive ketones (excluding diaryl/α,β-unsaturated/α-hetero) is 1. The Bertz CT molecular complexity index is 1600. The predicted octanol–water partition coefficient (Wildman–Crippen LogP) is 3.31. The Morgan fingerprint density at radius 1 is 1.03 bits per heavy atom. The molecule has 0 saturated carbocycles. The molecule has 1 N–H and O–H groups in total. The van der Waals surface area contributed by atoms with Gasteiger partial charge in [-0.1, -0.05) is 35.9 Å². The Kier molecular flexibility index (Phi) is 5.02. The molecule has 0 atom stereocenters. The van der Waals surface area contributed by atoms with E-state index in [1.54, 1.807) is 53.3 Å². The molecule has 2 aromatic carbocycles. The molecule has 5 aromatic rings. The summed E-state index contributed by atoms with van der Waals surface area (Å²) in [5, 5.41) is 12.2. The van der Waals surface area contributed by atoms with Gasteiger partial charge in [-0.05, 0) is 37.3 Å². The maximum atomic E-state index is 12.8. The van der Waals surface area contributed by atoms with Crippen LogP contribution in [0.3, 0.4) is 0 Å². The first-order valence-electron chi connectivity index (χ1n) is 10.0. The van der Waals surface area contributed by atoms with E-state index in [0.29, 0.717) is 33.1 Å². The number of aromatic nitrogens is 5. The third-order valence-corrected chi connectivity index (χ3v) is 5.43. The van der Waals surface area contributed by atoms with Gasteiger partial charge in [-0.15, -0.1) is 5.10 Å². The molecule has 0 bridgehead atoms. The molecular weight excluding hydrogens is 444 g/mol. The molecule has 1 amide bonds. The highest BCUT2D eigenvalue weighted by Gasteiger charge is 2.15. The number of nitrogens with one attached hydrogen (secondary N) is 1. The predicted molar refractivity (Wildman–Crippen MR) is 124 cm³/mol. The van der Waals surface area contributed by atoms with Crippen molar-refractivity contribution >= 4 is 40.1 Å². The first-order valence-corrected chi connectivity index (χ1v) is 10.4. The summed E-state index contributed by atoms with van der Waals surface area (Å²) in [5.41, 5.74) is 3.07. The van der Waals surface area contributed by atoms with Crippen LogP contribution in [0.2, 0.25) is 5.02 Å². The number of hydrogen-bond donors (Lipinski definition) is 1. The Hall–Kier alpha value is -4.24. The summed E-state index contributed by atoms with van der Waals surface area (Å²) in [7, 11) is 0. The van der Waals surface area contributed by atoms with Gasteiger partial charge in [0.1, 0.15) is 12.1 Å². The molecule has 0 aliphatic carbocycles. The van der Waals surface area contributed by atoms with E-state index in [9.17, 15) is 14.4 Å². The van der Waals surface area contributed by atoms with E-state index in [0.717, 1.165) is 10.2 Å². The summed E-state index contributed by atoms with van der Waals surface area (Å²) in [6.45, 7) is 1.17. The van der Waals surface area contributed by atoms with Crippen LogP contribution in [0.4, 0.5) is 5.69 Å². The normalized spacial score (nSPS) is 11.2. The van der Waals surface area contributed by atoms with Crippen LogP contribution in [0.1, 0.15) is 17.3 Å². The largest absolute Gasteiger partial charge is 0.350 e. The number of halogens is 1. The van der Waals surface area contributed by atoms with Crippen molar-refractivity contribution in [2.24, 2.45) is 0 Å². The maximum Gasteiger partial charge on any atom is 0.350 e. The van der Waals surface area contributed by atoms with Crippen molar-refractivity contribution in [3.63, 3.8) is 0 Å². The molecule has 9 nitrogen and oxygen atoms in total. The molecule has 0 saturated heterocycles. The zero-order chi connectivity index (χ0) is 23.1. The first-order chi connectivity index (χ1) is 15.9. The molecule has 3 heterocycles. The van der Waals surface area contributed by atoms with Crippen LogP contribution in [0.5, 0.6) is 0 Å². The topological polar surface area (TPSA) is 103 Å². The highest BCUT2D eigenvalue weighted by atomic mass is 35.5. The van der Waals surface area contributed by atoms with Crippen molar-refractivity contribution < 1.29 is 9.59 Å². The number of fused-ring (bicyclic) bond motifs is 3. The van der Waals surface area contributed by atoms with Gasteiger partial charge < -0.3 is 5.32 Å². The van der Waals surface area contributed by atoms with Gasteiger partial charge in [-0.3, -0.25) is 9.59 Å². The number of carbonyl (C=O) groups excluding carboxylic acids is 2. The summed E-state index contributed by atoms with van der Waals surface area (Å²) in [5.74, 6) is -0.543. The molecule has 0 fully saturated rings. The Labute approximate surface area is 191 Å². The van der Waals surface area contributed by atoms with Crippen LogP contribution in [0, 0.1) is 0 Å². The second-order valence-corrected chi connectivity index (χ2v) is 7.92. The fraction of sp³-hybridized carbons (Fsp3) is 0.0870. The number of hydrogen-bond acceptors (Lipinski definition) is 5. The number of benzene rings is 2. The van der Waals surface area contributed by atoms with Crippen molar-refractivity contribution in [2.45, 2.75) is 13.5 Å². The lowest BCUT2D eigenvalue weighted by atomic mass is 10.1. The fourth-order valence-corrected chi connectivity index (χ4v) is 3.68. The van der Waals surface area contributed by atoms with Crippen LogP contribution in [0.15, 0.2) is 71.8 Å². The summed E-state index contributed by atoms with van der Waals surface area (Å²) in [6.07, 6.45) is 3.21. The standard InChI is InChI=1S/C23H17ClN6O3/c1-14(31)16-3-2-4-18(11-16)25-21(32)13-30-23(33)28-9-10-29-20(22(28)27-30)12-19(26-29)15-5-7-17(24)8-6-15/h2-12H,13H2,1H3,(H,25,32). The van der Waals surface area contributed by atoms with Crippen LogP contribution >= 0.6 is 11.6 Å². The van der Waals surface area contributed by atoms with Crippen LogP contribution in [0.25, 0.3) is 22.4 Å². The van der Waals surface area contributed by atoms with E-state index >= 15 is 0 Å². The Balaban J connectivity index is 1.46. The molecule has 164 valence electrons. The summed E-state index contributed by atoms with van der Waals surface area (Å²) < 4.78 is 4.09. The summed E-state index contributed by atoms with van der Waals surface area (Å²) in [4.78, 5) is 36.9. The molecule has 0 aliphatic rings. The quantitative estimate of drug-likeness (QED) is 0.405. The Morgan fingerprint density at radius 3 is 2.58 bits per heavy atom. The molecule has 0 aliphatic heterocycles. The molecule has 3 aromatic heterocycles. The molecular formula is C23H17ClN6O3. The van der Waals surface area contributed by atoms with Crippen LogP contribution < -0.4 is 11.0 Å². The number of amides is 1. The van der Waals surface area contributed by atoms with Gasteiger partial charge in [0.15, 0.2) is 11.4 Å². The third-order valence-electron chi connectivity index (χ3n) is 5.18. The van der Waals surface area contributed by atoms with Gasteiger partial charge in [0.2, 0.25) is 5.91 Å². The molecule has 0 spiro atoms. The van der Waals surface area contributed by atoms with E-state index in [1.807, 2.05) is 18.2 Å². The van der Waals surface area contributed by atoms with E-state index in [2.05, 4.69) is 15.5 Å². The van der Waals surface area contributed by atoms with Gasteiger partial charge in [-0.2, -0.15) is 5.10 Å². The number of nitrogens with zero attached hydrogens (tertiary/aromatic N) is 5. The van der Waals surface area contributed by atoms with Crippen molar-refractivity contribution in [3.8, 4) is 11.3 Å². The minimum Gasteiger partial charge on any atom is -0.324 e. The lowest BCUT2D eigenvalue weighted by molar-refractivity contribution is -0.117. The number of ketones is 1. The van der Waals surface area contributed by atoms with Crippen molar-refractivity contribution in [1.29, 1.82) is 0 Å². The van der Waals surface area contributed by atoms with E-state index < -0.39 is 11.6 Å². The SMILES string of the molecule is CC(=O)c1cccc(NC(=O)Cn2nc3c4cc(-c5ccc(Cl)cc5)nn4ccn3c2=O)c1. The molecule has 33 heavy (non-hydrogen) atoms. The monoisotopic (exact) mass is 460 g/mol. The van der Waals surface area contributed by atoms with Crippen molar-refractivity contribution in [3.05, 3.63) is 88.1 Å².